The normalized spacial score (nSPS) is 11.2. The fraction of sp³-hybridized carbons (Fsp3) is 0.231. The van der Waals surface area contributed by atoms with E-state index in [9.17, 15) is 0 Å². The van der Waals surface area contributed by atoms with Crippen molar-refractivity contribution in [1.82, 2.24) is 14.5 Å². The van der Waals surface area contributed by atoms with Gasteiger partial charge in [-0.3, -0.25) is 4.57 Å². The number of thiophene rings is 1. The predicted molar refractivity (Wildman–Crippen MR) is 74.7 cm³/mol. The molecule has 0 bridgehead atoms. The van der Waals surface area contributed by atoms with Crippen molar-refractivity contribution >= 4 is 28.4 Å². The van der Waals surface area contributed by atoms with Crippen molar-refractivity contribution in [3.63, 3.8) is 0 Å². The van der Waals surface area contributed by atoms with E-state index in [1.54, 1.807) is 11.3 Å². The molecule has 3 rings (SSSR count). The van der Waals surface area contributed by atoms with Crippen molar-refractivity contribution in [3.05, 3.63) is 40.2 Å². The van der Waals surface area contributed by atoms with E-state index >= 15 is 0 Å². The number of fused-ring (bicyclic) bond motifs is 1. The summed E-state index contributed by atoms with van der Waals surface area (Å²) < 4.78 is 1.98. The van der Waals surface area contributed by atoms with Gasteiger partial charge < -0.3 is 5.73 Å². The molecule has 0 fully saturated rings. The van der Waals surface area contributed by atoms with Crippen molar-refractivity contribution in [2.75, 3.05) is 5.73 Å². The van der Waals surface area contributed by atoms with E-state index in [-0.39, 0.29) is 0 Å². The van der Waals surface area contributed by atoms with E-state index in [1.165, 1.54) is 4.88 Å². The van der Waals surface area contributed by atoms with Crippen LogP contribution in [0.4, 0.5) is 5.95 Å². The molecule has 2 N–H and O–H groups in total. The van der Waals surface area contributed by atoms with E-state index in [4.69, 9.17) is 5.73 Å². The topological polar surface area (TPSA) is 56.7 Å². The van der Waals surface area contributed by atoms with Crippen LogP contribution in [-0.2, 0) is 13.0 Å². The van der Waals surface area contributed by atoms with Gasteiger partial charge in [-0.15, -0.1) is 11.3 Å². The number of rotatable bonds is 3. The molecule has 3 aromatic heterocycles. The highest BCUT2D eigenvalue weighted by atomic mass is 32.1. The average molecular weight is 258 g/mol. The summed E-state index contributed by atoms with van der Waals surface area (Å²) >= 11 is 1.76. The fourth-order valence-electron chi connectivity index (χ4n) is 2.03. The summed E-state index contributed by atoms with van der Waals surface area (Å²) in [6.45, 7) is 2.83. The fourth-order valence-corrected chi connectivity index (χ4v) is 2.72. The second kappa shape index (κ2) is 4.42. The van der Waals surface area contributed by atoms with Crippen molar-refractivity contribution in [1.29, 1.82) is 0 Å². The summed E-state index contributed by atoms with van der Waals surface area (Å²) in [6, 6.07) is 6.22. The van der Waals surface area contributed by atoms with Gasteiger partial charge in [-0.2, -0.15) is 0 Å². The van der Waals surface area contributed by atoms with Gasteiger partial charge in [0.15, 0.2) is 5.65 Å². The summed E-state index contributed by atoms with van der Waals surface area (Å²) in [5.74, 6) is 0.541. The van der Waals surface area contributed by atoms with Crippen LogP contribution in [0.2, 0.25) is 0 Å². The summed E-state index contributed by atoms with van der Waals surface area (Å²) in [6.07, 6.45) is 2.81. The maximum Gasteiger partial charge on any atom is 0.202 e. The van der Waals surface area contributed by atoms with Crippen LogP contribution < -0.4 is 5.73 Å². The number of hydrogen-bond donors (Lipinski definition) is 1. The van der Waals surface area contributed by atoms with E-state index in [2.05, 4.69) is 27.5 Å². The second-order valence-corrected chi connectivity index (χ2v) is 5.34. The zero-order valence-electron chi connectivity index (χ0n) is 10.1. The molecular formula is C13H14N4S. The van der Waals surface area contributed by atoms with Gasteiger partial charge in [0.25, 0.3) is 0 Å². The predicted octanol–water partition coefficient (Wildman–Crippen LogP) is 2.63. The van der Waals surface area contributed by atoms with Gasteiger partial charge in [0, 0.05) is 17.6 Å². The molecule has 0 unspecified atom stereocenters. The van der Waals surface area contributed by atoms with Gasteiger partial charge in [-0.25, -0.2) is 9.97 Å². The first-order chi connectivity index (χ1) is 8.74. The molecule has 18 heavy (non-hydrogen) atoms. The average Bonchev–Trinajstić information content (AvgIpc) is 2.93. The summed E-state index contributed by atoms with van der Waals surface area (Å²) in [7, 11) is 0. The molecule has 0 saturated heterocycles. The van der Waals surface area contributed by atoms with Gasteiger partial charge in [0.2, 0.25) is 5.95 Å². The number of aryl methyl sites for hydroxylation is 3. The molecule has 92 valence electrons. The summed E-state index contributed by atoms with van der Waals surface area (Å²) in [4.78, 5) is 10.1. The number of nitrogens with two attached hydrogens (primary N) is 1. The highest BCUT2D eigenvalue weighted by Gasteiger charge is 2.09. The van der Waals surface area contributed by atoms with Gasteiger partial charge in [0.1, 0.15) is 5.52 Å². The monoisotopic (exact) mass is 258 g/mol. The Kier molecular flexibility index (Phi) is 2.76. The molecule has 0 aliphatic heterocycles. The minimum atomic E-state index is 0.541. The zero-order chi connectivity index (χ0) is 12.5. The van der Waals surface area contributed by atoms with Crippen molar-refractivity contribution in [2.45, 2.75) is 19.9 Å². The summed E-state index contributed by atoms with van der Waals surface area (Å²) in [5, 5.41) is 2.09. The van der Waals surface area contributed by atoms with Crippen LogP contribution in [0.25, 0.3) is 11.2 Å². The maximum absolute atomic E-state index is 5.96. The number of aromatic nitrogens is 3. The largest absolute Gasteiger partial charge is 0.369 e. The molecule has 0 amide bonds. The van der Waals surface area contributed by atoms with E-state index in [0.29, 0.717) is 5.95 Å². The van der Waals surface area contributed by atoms with Crippen molar-refractivity contribution < 1.29 is 0 Å². The summed E-state index contributed by atoms with van der Waals surface area (Å²) in [5.41, 5.74) is 8.80. The molecule has 4 nitrogen and oxygen atoms in total. The first-order valence-corrected chi connectivity index (χ1v) is 6.73. The third-order valence-corrected chi connectivity index (χ3v) is 3.85. The molecule has 0 saturated carbocycles. The van der Waals surface area contributed by atoms with Crippen LogP contribution in [0.15, 0.2) is 29.8 Å². The van der Waals surface area contributed by atoms with Gasteiger partial charge in [-0.1, -0.05) is 6.07 Å². The molecule has 3 aromatic rings. The third kappa shape index (κ3) is 1.97. The first kappa shape index (κ1) is 11.2. The number of hydrogen-bond acceptors (Lipinski definition) is 4. The highest BCUT2D eigenvalue weighted by molar-refractivity contribution is 7.09. The molecule has 3 heterocycles. The van der Waals surface area contributed by atoms with E-state index in [0.717, 1.165) is 29.7 Å². The Morgan fingerprint density at radius 2 is 2.33 bits per heavy atom. The van der Waals surface area contributed by atoms with Crippen molar-refractivity contribution in [3.8, 4) is 0 Å². The van der Waals surface area contributed by atoms with Crippen LogP contribution in [-0.4, -0.2) is 14.5 Å². The van der Waals surface area contributed by atoms with Gasteiger partial charge in [-0.05, 0) is 36.4 Å². The van der Waals surface area contributed by atoms with Crippen LogP contribution >= 0.6 is 11.3 Å². The lowest BCUT2D eigenvalue weighted by molar-refractivity contribution is 0.726. The minimum absolute atomic E-state index is 0.541. The molecule has 0 spiro atoms. The standard InChI is InChI=1S/C13H14N4S/c1-9-7-11-12(15-8-9)17(13(14)16-11)5-4-10-3-2-6-18-10/h2-3,6-8H,4-5H2,1H3,(H2,14,16). The number of nitrogen functional groups attached to an aromatic ring is 1. The Bertz CT molecular complexity index is 670. The van der Waals surface area contributed by atoms with Crippen molar-refractivity contribution in [2.24, 2.45) is 0 Å². The van der Waals surface area contributed by atoms with Gasteiger partial charge in [0.05, 0.1) is 0 Å². The highest BCUT2D eigenvalue weighted by Crippen LogP contribution is 2.18. The van der Waals surface area contributed by atoms with Crippen LogP contribution in [0, 0.1) is 6.92 Å². The molecule has 0 aromatic carbocycles. The molecule has 0 atom stereocenters. The Morgan fingerprint density at radius 1 is 1.44 bits per heavy atom. The Morgan fingerprint density at radius 3 is 3.11 bits per heavy atom. The van der Waals surface area contributed by atoms with Crippen LogP contribution in [0.5, 0.6) is 0 Å². The Balaban J connectivity index is 1.93. The van der Waals surface area contributed by atoms with Crippen LogP contribution in [0.3, 0.4) is 0 Å². The first-order valence-electron chi connectivity index (χ1n) is 5.85. The molecule has 5 heteroatoms. The quantitative estimate of drug-likeness (QED) is 0.785. The Hall–Kier alpha value is -1.88. The molecule has 0 aliphatic rings. The lowest BCUT2D eigenvalue weighted by Gasteiger charge is -2.04. The number of pyridine rings is 1. The molecular weight excluding hydrogens is 244 g/mol. The lowest BCUT2D eigenvalue weighted by atomic mass is 10.3. The minimum Gasteiger partial charge on any atom is -0.369 e. The number of anilines is 1. The maximum atomic E-state index is 5.96. The number of nitrogens with zero attached hydrogens (tertiary/aromatic N) is 3. The number of imidazole rings is 1. The van der Waals surface area contributed by atoms with E-state index < -0.39 is 0 Å². The molecule has 0 aliphatic carbocycles. The van der Waals surface area contributed by atoms with Crippen LogP contribution in [0.1, 0.15) is 10.4 Å². The third-order valence-electron chi connectivity index (χ3n) is 2.91. The lowest BCUT2D eigenvalue weighted by Crippen LogP contribution is -2.05. The SMILES string of the molecule is Cc1cnc2c(c1)nc(N)n2CCc1cccs1. The Labute approximate surface area is 109 Å². The van der Waals surface area contributed by atoms with Gasteiger partial charge >= 0.3 is 0 Å². The van der Waals surface area contributed by atoms with E-state index in [1.807, 2.05) is 23.8 Å². The second-order valence-electron chi connectivity index (χ2n) is 4.31. The zero-order valence-corrected chi connectivity index (χ0v) is 10.9. The smallest absolute Gasteiger partial charge is 0.202 e. The molecule has 0 radical (unpaired) electrons.